The Kier molecular flexibility index (Phi) is 7.00. The van der Waals surface area contributed by atoms with Gasteiger partial charge in [-0.2, -0.15) is 0 Å². The van der Waals surface area contributed by atoms with Crippen molar-refractivity contribution >= 4 is 80.8 Å². The number of guanidine groups is 1. The maximum Gasteiger partial charge on any atom is 0.266 e. The molecule has 3 rings (SSSR count). The van der Waals surface area contributed by atoms with E-state index in [0.717, 1.165) is 16.0 Å². The monoisotopic (exact) mass is 470 g/mol. The fourth-order valence-electron chi connectivity index (χ4n) is 2.55. The molecule has 0 atom stereocenters. The van der Waals surface area contributed by atoms with E-state index in [0.29, 0.717) is 38.8 Å². The average Bonchev–Trinajstić information content (AvgIpc) is 3.18. The molecule has 1 saturated heterocycles. The number of hydrogen-bond acceptors (Lipinski definition) is 5. The molecular weight excluding hydrogens is 455 g/mol. The van der Waals surface area contributed by atoms with Gasteiger partial charge in [-0.1, -0.05) is 53.2 Å². The highest BCUT2D eigenvalue weighted by Crippen LogP contribution is 2.37. The first-order valence-corrected chi connectivity index (χ1v) is 11.1. The number of thiophene rings is 1. The number of benzene rings is 1. The number of halogens is 2. The van der Waals surface area contributed by atoms with Gasteiger partial charge in [0.25, 0.3) is 5.91 Å². The molecule has 28 heavy (non-hydrogen) atoms. The second-order valence-electron chi connectivity index (χ2n) is 5.86. The second-order valence-corrected chi connectivity index (χ2v) is 9.32. The second kappa shape index (κ2) is 9.28. The average molecular weight is 471 g/mol. The van der Waals surface area contributed by atoms with Crippen LogP contribution in [-0.2, 0) is 4.79 Å². The number of amides is 1. The van der Waals surface area contributed by atoms with Crippen LogP contribution in [0.2, 0.25) is 10.0 Å². The lowest BCUT2D eigenvalue weighted by molar-refractivity contribution is -0.122. The lowest BCUT2D eigenvalue weighted by Gasteiger charge is -2.13. The predicted molar refractivity (Wildman–Crippen MR) is 125 cm³/mol. The standard InChI is InChI=1S/C18H16Cl2N4OS3/c19-11-2-3-13(14(20)7-11)10-6-12(27-9-10)8-15-16(25)24(18(26)28-15)5-1-4-23-17(21)22/h2-3,6-9H,1,4-5H2,(H4,21,22,23)/b15-8-. The number of rotatable bonds is 6. The van der Waals surface area contributed by atoms with Crippen molar-refractivity contribution in [1.29, 1.82) is 0 Å². The minimum atomic E-state index is -0.0980. The van der Waals surface area contributed by atoms with Crippen LogP contribution in [-0.4, -0.2) is 34.2 Å². The van der Waals surface area contributed by atoms with Gasteiger partial charge >= 0.3 is 0 Å². The highest BCUT2D eigenvalue weighted by atomic mass is 35.5. The van der Waals surface area contributed by atoms with E-state index in [9.17, 15) is 4.79 Å². The Morgan fingerprint density at radius 3 is 2.79 bits per heavy atom. The van der Waals surface area contributed by atoms with Crippen molar-refractivity contribution < 1.29 is 4.79 Å². The van der Waals surface area contributed by atoms with Crippen molar-refractivity contribution in [3.8, 4) is 11.1 Å². The Morgan fingerprint density at radius 1 is 1.29 bits per heavy atom. The van der Waals surface area contributed by atoms with Crippen LogP contribution in [0.1, 0.15) is 11.3 Å². The maximum absolute atomic E-state index is 12.6. The topological polar surface area (TPSA) is 84.7 Å². The van der Waals surface area contributed by atoms with E-state index < -0.39 is 0 Å². The fraction of sp³-hybridized carbons (Fsp3) is 0.167. The van der Waals surface area contributed by atoms with Crippen LogP contribution in [0.5, 0.6) is 0 Å². The van der Waals surface area contributed by atoms with Crippen molar-refractivity contribution in [2.24, 2.45) is 16.5 Å². The number of thioether (sulfide) groups is 1. The van der Waals surface area contributed by atoms with Gasteiger partial charge in [0.1, 0.15) is 4.32 Å². The molecule has 0 aliphatic carbocycles. The number of hydrogen-bond donors (Lipinski definition) is 2. The van der Waals surface area contributed by atoms with Crippen LogP contribution >= 0.6 is 58.5 Å². The van der Waals surface area contributed by atoms with Crippen molar-refractivity contribution in [3.63, 3.8) is 0 Å². The third-order valence-corrected chi connectivity index (χ3v) is 6.65. The van der Waals surface area contributed by atoms with Crippen molar-refractivity contribution in [2.75, 3.05) is 13.1 Å². The van der Waals surface area contributed by atoms with Crippen molar-refractivity contribution in [3.05, 3.63) is 49.5 Å². The summed E-state index contributed by atoms with van der Waals surface area (Å²) in [6, 6.07) is 7.38. The zero-order chi connectivity index (χ0) is 20.3. The van der Waals surface area contributed by atoms with Crippen LogP contribution in [0.4, 0.5) is 0 Å². The van der Waals surface area contributed by atoms with Gasteiger partial charge in [0.05, 0.1) is 4.91 Å². The molecule has 2 heterocycles. The number of nitrogens with two attached hydrogens (primary N) is 2. The minimum Gasteiger partial charge on any atom is -0.370 e. The van der Waals surface area contributed by atoms with E-state index in [-0.39, 0.29) is 11.9 Å². The fourth-order valence-corrected chi connectivity index (χ4v) is 5.28. The number of carbonyl (C=O) groups is 1. The molecular formula is C18H16Cl2N4OS3. The van der Waals surface area contributed by atoms with Crippen LogP contribution in [0, 0.1) is 0 Å². The summed E-state index contributed by atoms with van der Waals surface area (Å²) in [5, 5.41) is 3.17. The maximum atomic E-state index is 12.6. The first-order valence-electron chi connectivity index (χ1n) is 8.20. The molecule has 2 aromatic rings. The summed E-state index contributed by atoms with van der Waals surface area (Å²) in [7, 11) is 0. The summed E-state index contributed by atoms with van der Waals surface area (Å²) >= 11 is 20.4. The SMILES string of the molecule is NC(N)=NCCCN1C(=O)/C(=C/c2cc(-c3ccc(Cl)cc3Cl)cs2)SC1=S. The Hall–Kier alpha value is -1.58. The molecule has 1 aromatic carbocycles. The van der Waals surface area contributed by atoms with Gasteiger partial charge in [-0.15, -0.1) is 11.3 Å². The van der Waals surface area contributed by atoms with Crippen molar-refractivity contribution in [1.82, 2.24) is 4.90 Å². The van der Waals surface area contributed by atoms with E-state index in [1.165, 1.54) is 23.1 Å². The Morgan fingerprint density at radius 2 is 2.07 bits per heavy atom. The molecule has 0 unspecified atom stereocenters. The van der Waals surface area contributed by atoms with E-state index >= 15 is 0 Å². The normalized spacial score (nSPS) is 15.5. The van der Waals surface area contributed by atoms with Gasteiger partial charge in [-0.3, -0.25) is 14.7 Å². The highest BCUT2D eigenvalue weighted by Gasteiger charge is 2.31. The molecule has 0 spiro atoms. The van der Waals surface area contributed by atoms with E-state index in [2.05, 4.69) is 4.99 Å². The summed E-state index contributed by atoms with van der Waals surface area (Å²) in [5.74, 6) is -0.0567. The lowest BCUT2D eigenvalue weighted by atomic mass is 10.1. The molecule has 0 bridgehead atoms. The first-order chi connectivity index (χ1) is 13.3. The molecule has 0 radical (unpaired) electrons. The van der Waals surface area contributed by atoms with Gasteiger partial charge in [0.15, 0.2) is 5.96 Å². The summed E-state index contributed by atoms with van der Waals surface area (Å²) in [6.07, 6.45) is 2.49. The van der Waals surface area contributed by atoms with Crippen LogP contribution in [0.3, 0.4) is 0 Å². The molecule has 0 saturated carbocycles. The quantitative estimate of drug-likeness (QED) is 0.212. The lowest BCUT2D eigenvalue weighted by Crippen LogP contribution is -2.30. The van der Waals surface area contributed by atoms with E-state index in [4.69, 9.17) is 46.9 Å². The number of carbonyl (C=O) groups excluding carboxylic acids is 1. The van der Waals surface area contributed by atoms with Gasteiger partial charge in [-0.25, -0.2) is 0 Å². The minimum absolute atomic E-state index is 0.0413. The third-order valence-electron chi connectivity index (χ3n) is 3.84. The zero-order valence-corrected chi connectivity index (χ0v) is 18.5. The van der Waals surface area contributed by atoms with Gasteiger partial charge in [-0.05, 0) is 41.6 Å². The van der Waals surface area contributed by atoms with Gasteiger partial charge < -0.3 is 11.5 Å². The largest absolute Gasteiger partial charge is 0.370 e. The van der Waals surface area contributed by atoms with Crippen LogP contribution < -0.4 is 11.5 Å². The summed E-state index contributed by atoms with van der Waals surface area (Å²) in [4.78, 5) is 19.7. The van der Waals surface area contributed by atoms with E-state index in [1.54, 1.807) is 17.0 Å². The molecule has 146 valence electrons. The van der Waals surface area contributed by atoms with Crippen LogP contribution in [0.25, 0.3) is 17.2 Å². The summed E-state index contributed by atoms with van der Waals surface area (Å²) < 4.78 is 0.540. The van der Waals surface area contributed by atoms with Crippen molar-refractivity contribution in [2.45, 2.75) is 6.42 Å². The van der Waals surface area contributed by atoms with Crippen LogP contribution in [0.15, 0.2) is 39.5 Å². The molecule has 1 amide bonds. The highest BCUT2D eigenvalue weighted by molar-refractivity contribution is 8.26. The Balaban J connectivity index is 1.72. The molecule has 1 aromatic heterocycles. The Labute approximate surface area is 186 Å². The molecule has 10 heteroatoms. The smallest absolute Gasteiger partial charge is 0.266 e. The molecule has 1 aliphatic heterocycles. The summed E-state index contributed by atoms with van der Waals surface area (Å²) in [6.45, 7) is 0.934. The van der Waals surface area contributed by atoms with E-state index in [1.807, 2.05) is 23.6 Å². The van der Waals surface area contributed by atoms with Gasteiger partial charge in [0, 0.05) is 33.6 Å². The number of nitrogens with zero attached hydrogens (tertiary/aromatic N) is 2. The number of aliphatic imine (C=N–C) groups is 1. The molecule has 1 fully saturated rings. The number of thiocarbonyl (C=S) groups is 1. The molecule has 5 nitrogen and oxygen atoms in total. The summed E-state index contributed by atoms with van der Waals surface area (Å²) in [5.41, 5.74) is 12.5. The molecule has 1 aliphatic rings. The Bertz CT molecular complexity index is 983. The zero-order valence-electron chi connectivity index (χ0n) is 14.5. The predicted octanol–water partition coefficient (Wildman–Crippen LogP) is 4.59. The first kappa shape index (κ1) is 21.1. The molecule has 4 N–H and O–H groups in total. The third kappa shape index (κ3) is 5.07. The van der Waals surface area contributed by atoms with Gasteiger partial charge in [0.2, 0.25) is 0 Å².